The zero-order valence-corrected chi connectivity index (χ0v) is 12.8. The lowest BCUT2D eigenvalue weighted by Crippen LogP contribution is -2.21. The molecule has 0 spiro atoms. The first-order chi connectivity index (χ1) is 10.6. The summed E-state index contributed by atoms with van der Waals surface area (Å²) in [6.07, 6.45) is 0. The molecule has 2 rings (SSSR count). The SMILES string of the molecule is O=NCC(=NNC(=O)c1ccc(Cl)cc1Cl)c1ccccc1. The van der Waals surface area contributed by atoms with E-state index in [2.05, 4.69) is 15.7 Å². The molecule has 112 valence electrons. The summed E-state index contributed by atoms with van der Waals surface area (Å²) in [7, 11) is 0. The standard InChI is InChI=1S/C15H11Cl2N3O2/c16-11-6-7-12(13(17)8-11)15(21)20-19-14(9-18-22)10-4-2-1-3-5-10/h1-8H,9H2,(H,20,21). The van der Waals surface area contributed by atoms with E-state index in [9.17, 15) is 9.70 Å². The average molecular weight is 336 g/mol. The third-order valence-corrected chi connectivity index (χ3v) is 3.34. The lowest BCUT2D eigenvalue weighted by atomic mass is 10.1. The van der Waals surface area contributed by atoms with Crippen LogP contribution in [0.4, 0.5) is 0 Å². The number of hydrogen-bond acceptors (Lipinski definition) is 4. The molecule has 22 heavy (non-hydrogen) atoms. The van der Waals surface area contributed by atoms with Crippen LogP contribution >= 0.6 is 23.2 Å². The van der Waals surface area contributed by atoms with Crippen LogP contribution in [-0.2, 0) is 0 Å². The first-order valence-electron chi connectivity index (χ1n) is 6.28. The topological polar surface area (TPSA) is 70.9 Å². The molecule has 0 atom stereocenters. The van der Waals surface area contributed by atoms with Crippen LogP contribution < -0.4 is 5.43 Å². The lowest BCUT2D eigenvalue weighted by Gasteiger charge is -2.06. The van der Waals surface area contributed by atoms with Gasteiger partial charge in [-0.05, 0) is 23.8 Å². The number of amides is 1. The fraction of sp³-hybridized carbons (Fsp3) is 0.0667. The maximum atomic E-state index is 12.1. The summed E-state index contributed by atoms with van der Waals surface area (Å²) in [5.41, 5.74) is 3.66. The molecule has 1 N–H and O–H groups in total. The van der Waals surface area contributed by atoms with Crippen molar-refractivity contribution in [3.8, 4) is 0 Å². The van der Waals surface area contributed by atoms with Crippen LogP contribution in [0, 0.1) is 4.91 Å². The summed E-state index contributed by atoms with van der Waals surface area (Å²) in [4.78, 5) is 22.6. The number of carbonyl (C=O) groups is 1. The second-order valence-electron chi connectivity index (χ2n) is 4.28. The maximum Gasteiger partial charge on any atom is 0.272 e. The van der Waals surface area contributed by atoms with Crippen LogP contribution in [0.1, 0.15) is 15.9 Å². The van der Waals surface area contributed by atoms with Gasteiger partial charge in [0.05, 0.1) is 16.3 Å². The van der Waals surface area contributed by atoms with E-state index in [1.54, 1.807) is 30.3 Å². The van der Waals surface area contributed by atoms with Gasteiger partial charge in [0.25, 0.3) is 5.91 Å². The predicted octanol–water partition coefficient (Wildman–Crippen LogP) is 3.89. The smallest absolute Gasteiger partial charge is 0.267 e. The fourth-order valence-electron chi connectivity index (χ4n) is 1.73. The van der Waals surface area contributed by atoms with Crippen LogP contribution in [0.15, 0.2) is 58.8 Å². The van der Waals surface area contributed by atoms with Gasteiger partial charge in [-0.25, -0.2) is 5.43 Å². The molecular formula is C15H11Cl2N3O2. The van der Waals surface area contributed by atoms with Crippen molar-refractivity contribution in [2.45, 2.75) is 0 Å². The average Bonchev–Trinajstić information content (AvgIpc) is 2.52. The molecule has 0 saturated carbocycles. The van der Waals surface area contributed by atoms with Crippen LogP contribution in [0.25, 0.3) is 0 Å². The Balaban J connectivity index is 2.20. The molecule has 7 heteroatoms. The number of nitroso groups, excluding NO2 is 1. The lowest BCUT2D eigenvalue weighted by molar-refractivity contribution is 0.0955. The summed E-state index contributed by atoms with van der Waals surface area (Å²) in [5, 5.41) is 7.42. The van der Waals surface area contributed by atoms with Crippen molar-refractivity contribution in [1.82, 2.24) is 5.43 Å². The molecule has 0 heterocycles. The summed E-state index contributed by atoms with van der Waals surface area (Å²) in [6.45, 7) is -0.154. The van der Waals surface area contributed by atoms with Gasteiger partial charge in [0.15, 0.2) is 0 Å². The second-order valence-corrected chi connectivity index (χ2v) is 5.12. The third-order valence-electron chi connectivity index (χ3n) is 2.79. The number of rotatable bonds is 5. The van der Waals surface area contributed by atoms with E-state index < -0.39 is 5.91 Å². The monoisotopic (exact) mass is 335 g/mol. The van der Waals surface area contributed by atoms with E-state index in [1.165, 1.54) is 12.1 Å². The highest BCUT2D eigenvalue weighted by Gasteiger charge is 2.11. The number of halogens is 2. The number of benzene rings is 2. The van der Waals surface area contributed by atoms with E-state index in [1.807, 2.05) is 6.07 Å². The van der Waals surface area contributed by atoms with Gasteiger partial charge in [-0.3, -0.25) is 4.79 Å². The molecule has 5 nitrogen and oxygen atoms in total. The highest BCUT2D eigenvalue weighted by Crippen LogP contribution is 2.20. The second kappa shape index (κ2) is 7.68. The fourth-order valence-corrected chi connectivity index (χ4v) is 2.23. The molecule has 0 fully saturated rings. The Hall–Kier alpha value is -2.24. The predicted molar refractivity (Wildman–Crippen MR) is 87.6 cm³/mol. The third kappa shape index (κ3) is 4.13. The molecule has 0 aliphatic heterocycles. The minimum absolute atomic E-state index is 0.154. The van der Waals surface area contributed by atoms with Gasteiger partial charge in [-0.1, -0.05) is 58.7 Å². The number of hydrogen-bond donors (Lipinski definition) is 1. The van der Waals surface area contributed by atoms with Gasteiger partial charge in [0.2, 0.25) is 0 Å². The van der Waals surface area contributed by atoms with Crippen molar-refractivity contribution in [2.24, 2.45) is 10.3 Å². The minimum Gasteiger partial charge on any atom is -0.267 e. The Morgan fingerprint density at radius 2 is 1.82 bits per heavy atom. The first-order valence-corrected chi connectivity index (χ1v) is 7.04. The first kappa shape index (κ1) is 16.1. The summed E-state index contributed by atoms with van der Waals surface area (Å²) < 4.78 is 0. The van der Waals surface area contributed by atoms with Crippen molar-refractivity contribution < 1.29 is 4.79 Å². The number of carbonyl (C=O) groups excluding carboxylic acids is 1. The highest BCUT2D eigenvalue weighted by atomic mass is 35.5. The Kier molecular flexibility index (Phi) is 5.63. The zero-order valence-electron chi connectivity index (χ0n) is 11.3. The quantitative estimate of drug-likeness (QED) is 0.511. The molecule has 2 aromatic rings. The van der Waals surface area contributed by atoms with Crippen molar-refractivity contribution in [1.29, 1.82) is 0 Å². The largest absolute Gasteiger partial charge is 0.272 e. The van der Waals surface area contributed by atoms with Crippen LogP contribution in [0.2, 0.25) is 10.0 Å². The Morgan fingerprint density at radius 3 is 2.45 bits per heavy atom. The zero-order chi connectivity index (χ0) is 15.9. The van der Waals surface area contributed by atoms with Crippen LogP contribution in [0.5, 0.6) is 0 Å². The molecule has 0 radical (unpaired) electrons. The van der Waals surface area contributed by atoms with Gasteiger partial charge in [0, 0.05) is 5.02 Å². The Bertz CT molecular complexity index is 718. The molecule has 0 unspecified atom stereocenters. The van der Waals surface area contributed by atoms with E-state index in [0.717, 1.165) is 0 Å². The van der Waals surface area contributed by atoms with Crippen LogP contribution in [0.3, 0.4) is 0 Å². The van der Waals surface area contributed by atoms with E-state index in [-0.39, 0.29) is 17.1 Å². The summed E-state index contributed by atoms with van der Waals surface area (Å²) >= 11 is 11.7. The van der Waals surface area contributed by atoms with Crippen molar-refractivity contribution in [3.63, 3.8) is 0 Å². The molecule has 0 bridgehead atoms. The van der Waals surface area contributed by atoms with Crippen LogP contribution in [-0.4, -0.2) is 18.2 Å². The maximum absolute atomic E-state index is 12.1. The molecule has 0 aromatic heterocycles. The minimum atomic E-state index is -0.499. The molecule has 2 aromatic carbocycles. The number of nitrogens with one attached hydrogen (secondary N) is 1. The van der Waals surface area contributed by atoms with Gasteiger partial charge < -0.3 is 0 Å². The number of hydrazone groups is 1. The summed E-state index contributed by atoms with van der Waals surface area (Å²) in [6, 6.07) is 13.5. The number of nitrogens with zero attached hydrogens (tertiary/aromatic N) is 2. The molecule has 0 aliphatic carbocycles. The van der Waals surface area contributed by atoms with Crippen molar-refractivity contribution >= 4 is 34.8 Å². The van der Waals surface area contributed by atoms with Crippen molar-refractivity contribution in [3.05, 3.63) is 74.6 Å². The molecule has 1 amide bonds. The Labute approximate surface area is 136 Å². The van der Waals surface area contributed by atoms with Gasteiger partial charge in [-0.15, -0.1) is 0 Å². The van der Waals surface area contributed by atoms with E-state index in [4.69, 9.17) is 23.2 Å². The molecule has 0 aliphatic rings. The normalized spacial score (nSPS) is 11.1. The Morgan fingerprint density at radius 1 is 1.09 bits per heavy atom. The van der Waals surface area contributed by atoms with E-state index in [0.29, 0.717) is 16.3 Å². The van der Waals surface area contributed by atoms with Gasteiger partial charge in [0.1, 0.15) is 6.54 Å². The van der Waals surface area contributed by atoms with Gasteiger partial charge >= 0.3 is 0 Å². The molecular weight excluding hydrogens is 325 g/mol. The molecule has 0 saturated heterocycles. The van der Waals surface area contributed by atoms with Crippen molar-refractivity contribution in [2.75, 3.05) is 6.54 Å². The summed E-state index contributed by atoms with van der Waals surface area (Å²) in [5.74, 6) is -0.499. The van der Waals surface area contributed by atoms with Gasteiger partial charge in [-0.2, -0.15) is 10.0 Å². The van der Waals surface area contributed by atoms with E-state index >= 15 is 0 Å². The highest BCUT2D eigenvalue weighted by molar-refractivity contribution is 6.36.